The summed E-state index contributed by atoms with van der Waals surface area (Å²) in [7, 11) is 0. The second-order valence-electron chi connectivity index (χ2n) is 5.54. The Morgan fingerprint density at radius 1 is 1.11 bits per heavy atom. The summed E-state index contributed by atoms with van der Waals surface area (Å²) >= 11 is 6.06. The van der Waals surface area contributed by atoms with E-state index in [1.165, 1.54) is 12.8 Å². The third-order valence-electron chi connectivity index (χ3n) is 4.24. The van der Waals surface area contributed by atoms with Crippen molar-refractivity contribution in [3.63, 3.8) is 0 Å². The maximum absolute atomic E-state index is 12.6. The predicted octanol–water partition coefficient (Wildman–Crippen LogP) is 4.36. The van der Waals surface area contributed by atoms with Gasteiger partial charge in [-0.05, 0) is 49.3 Å². The largest absolute Gasteiger partial charge is 0.416 e. The third-order valence-corrected chi connectivity index (χ3v) is 4.57. The minimum atomic E-state index is -4.32. The molecule has 0 aromatic heterocycles. The van der Waals surface area contributed by atoms with E-state index in [-0.39, 0.29) is 10.9 Å². The van der Waals surface area contributed by atoms with Gasteiger partial charge >= 0.3 is 6.18 Å². The van der Waals surface area contributed by atoms with Crippen LogP contribution < -0.4 is 5.32 Å². The first kappa shape index (κ1) is 13.3. The predicted molar refractivity (Wildman–Crippen MR) is 68.4 cm³/mol. The van der Waals surface area contributed by atoms with Crippen LogP contribution in [0.15, 0.2) is 18.2 Å². The minimum Gasteiger partial charge on any atom is -0.311 e. The van der Waals surface area contributed by atoms with Crippen LogP contribution in [0.4, 0.5) is 13.2 Å². The molecule has 104 valence electrons. The van der Waals surface area contributed by atoms with Crippen molar-refractivity contribution in [2.45, 2.75) is 49.9 Å². The highest BCUT2D eigenvalue weighted by molar-refractivity contribution is 6.31. The molecule has 1 nitrogen and oxygen atoms in total. The van der Waals surface area contributed by atoms with Crippen LogP contribution in [-0.4, -0.2) is 12.1 Å². The van der Waals surface area contributed by atoms with Gasteiger partial charge in [0.2, 0.25) is 0 Å². The third kappa shape index (κ3) is 2.61. The number of alkyl halides is 3. The number of hydrogen-bond donors (Lipinski definition) is 1. The van der Waals surface area contributed by atoms with Gasteiger partial charge in [0.05, 0.1) is 5.56 Å². The Balaban J connectivity index is 1.85. The molecule has 2 aliphatic rings. The summed E-state index contributed by atoms with van der Waals surface area (Å²) in [5.74, 6) is 0.286. The molecule has 2 aliphatic heterocycles. The lowest BCUT2D eigenvalue weighted by Crippen LogP contribution is -2.37. The van der Waals surface area contributed by atoms with E-state index in [0.717, 1.165) is 30.5 Å². The fourth-order valence-corrected chi connectivity index (χ4v) is 3.68. The number of rotatable bonds is 1. The van der Waals surface area contributed by atoms with Crippen molar-refractivity contribution >= 4 is 11.6 Å². The molecule has 2 heterocycles. The van der Waals surface area contributed by atoms with Crippen molar-refractivity contribution in [3.05, 3.63) is 34.3 Å². The van der Waals surface area contributed by atoms with E-state index in [1.54, 1.807) is 6.07 Å². The summed E-state index contributed by atoms with van der Waals surface area (Å²) < 4.78 is 37.8. The molecule has 1 N–H and O–H groups in total. The van der Waals surface area contributed by atoms with Gasteiger partial charge in [-0.15, -0.1) is 0 Å². The number of hydrogen-bond acceptors (Lipinski definition) is 1. The molecule has 19 heavy (non-hydrogen) atoms. The highest BCUT2D eigenvalue weighted by Gasteiger charge is 2.36. The summed E-state index contributed by atoms with van der Waals surface area (Å²) in [4.78, 5) is 0. The highest BCUT2D eigenvalue weighted by Crippen LogP contribution is 2.41. The van der Waals surface area contributed by atoms with Crippen LogP contribution in [0.1, 0.15) is 42.7 Å². The zero-order valence-corrected chi connectivity index (χ0v) is 11.1. The molecular formula is C14H15ClF3N. The molecule has 2 bridgehead atoms. The Morgan fingerprint density at radius 3 is 2.26 bits per heavy atom. The maximum Gasteiger partial charge on any atom is 0.416 e. The van der Waals surface area contributed by atoms with Gasteiger partial charge in [-0.2, -0.15) is 13.2 Å². The van der Waals surface area contributed by atoms with Gasteiger partial charge in [-0.1, -0.05) is 17.7 Å². The lowest BCUT2D eigenvalue weighted by molar-refractivity contribution is -0.137. The average molecular weight is 290 g/mol. The Kier molecular flexibility index (Phi) is 3.26. The fraction of sp³-hybridized carbons (Fsp3) is 0.571. The second-order valence-corrected chi connectivity index (χ2v) is 5.95. The van der Waals surface area contributed by atoms with Crippen LogP contribution in [0, 0.1) is 0 Å². The molecule has 2 fully saturated rings. The van der Waals surface area contributed by atoms with E-state index in [9.17, 15) is 13.2 Å². The molecule has 0 aliphatic carbocycles. The molecule has 0 saturated carbocycles. The van der Waals surface area contributed by atoms with Crippen molar-refractivity contribution in [1.29, 1.82) is 0 Å². The molecular weight excluding hydrogens is 275 g/mol. The Hall–Kier alpha value is -0.740. The first-order valence-corrected chi connectivity index (χ1v) is 6.94. The van der Waals surface area contributed by atoms with Crippen LogP contribution >= 0.6 is 11.6 Å². The van der Waals surface area contributed by atoms with Gasteiger partial charge in [0, 0.05) is 17.1 Å². The minimum absolute atomic E-state index is 0.251. The Morgan fingerprint density at radius 2 is 1.74 bits per heavy atom. The molecule has 3 rings (SSSR count). The van der Waals surface area contributed by atoms with Gasteiger partial charge in [-0.3, -0.25) is 0 Å². The summed E-state index contributed by atoms with van der Waals surface area (Å²) in [6.07, 6.45) is -0.0443. The molecule has 0 radical (unpaired) electrons. The van der Waals surface area contributed by atoms with Crippen molar-refractivity contribution in [1.82, 2.24) is 5.32 Å². The SMILES string of the molecule is FC(F)(F)c1ccc(C2C[C@H]3CC[C@@H](C2)N3)c(Cl)c1. The average Bonchev–Trinajstić information content (AvgIpc) is 2.67. The van der Waals surface area contributed by atoms with Crippen LogP contribution in [0.3, 0.4) is 0 Å². The van der Waals surface area contributed by atoms with Gasteiger partial charge < -0.3 is 5.32 Å². The Bertz CT molecular complexity index is 474. The molecule has 0 spiro atoms. The van der Waals surface area contributed by atoms with E-state index in [4.69, 9.17) is 11.6 Å². The number of fused-ring (bicyclic) bond motifs is 2. The molecule has 1 aromatic carbocycles. The van der Waals surface area contributed by atoms with E-state index in [0.29, 0.717) is 12.1 Å². The van der Waals surface area contributed by atoms with Gasteiger partial charge in [0.25, 0.3) is 0 Å². The van der Waals surface area contributed by atoms with E-state index >= 15 is 0 Å². The van der Waals surface area contributed by atoms with E-state index in [2.05, 4.69) is 5.32 Å². The lowest BCUT2D eigenvalue weighted by atomic mass is 9.86. The van der Waals surface area contributed by atoms with Gasteiger partial charge in [0.1, 0.15) is 0 Å². The van der Waals surface area contributed by atoms with Crippen LogP contribution in [0.2, 0.25) is 5.02 Å². The first-order chi connectivity index (χ1) is 8.93. The zero-order valence-electron chi connectivity index (χ0n) is 10.3. The summed E-state index contributed by atoms with van der Waals surface area (Å²) in [6, 6.07) is 4.76. The smallest absolute Gasteiger partial charge is 0.311 e. The Labute approximate surface area is 115 Å². The number of benzene rings is 1. The zero-order chi connectivity index (χ0) is 13.6. The topological polar surface area (TPSA) is 12.0 Å². The molecule has 1 unspecified atom stereocenters. The molecule has 2 saturated heterocycles. The van der Waals surface area contributed by atoms with Crippen LogP contribution in [0.25, 0.3) is 0 Å². The molecule has 5 heteroatoms. The standard InChI is InChI=1S/C14H15ClF3N/c15-13-7-9(14(16,17)18)1-4-12(13)8-5-10-2-3-11(6-8)19-10/h1,4,7-8,10-11,19H,2-3,5-6H2/t8?,10-,11+. The molecule has 3 atom stereocenters. The van der Waals surface area contributed by atoms with Crippen LogP contribution in [0.5, 0.6) is 0 Å². The first-order valence-electron chi connectivity index (χ1n) is 6.56. The number of nitrogens with one attached hydrogen (secondary N) is 1. The number of halogens is 4. The van der Waals surface area contributed by atoms with Crippen molar-refractivity contribution < 1.29 is 13.2 Å². The van der Waals surface area contributed by atoms with Crippen molar-refractivity contribution in [2.75, 3.05) is 0 Å². The second kappa shape index (κ2) is 4.67. The summed E-state index contributed by atoms with van der Waals surface area (Å²) in [6.45, 7) is 0. The van der Waals surface area contributed by atoms with E-state index in [1.807, 2.05) is 0 Å². The van der Waals surface area contributed by atoms with Crippen molar-refractivity contribution in [3.8, 4) is 0 Å². The number of piperidine rings is 1. The fourth-order valence-electron chi connectivity index (χ4n) is 3.35. The van der Waals surface area contributed by atoms with E-state index < -0.39 is 11.7 Å². The lowest BCUT2D eigenvalue weighted by Gasteiger charge is -2.30. The monoisotopic (exact) mass is 289 g/mol. The summed E-state index contributed by atoms with van der Waals surface area (Å²) in [5, 5.41) is 3.77. The highest BCUT2D eigenvalue weighted by atomic mass is 35.5. The molecule has 1 aromatic rings. The van der Waals surface area contributed by atoms with Gasteiger partial charge in [-0.25, -0.2) is 0 Å². The molecule has 0 amide bonds. The van der Waals surface area contributed by atoms with Gasteiger partial charge in [0.15, 0.2) is 0 Å². The van der Waals surface area contributed by atoms with Crippen molar-refractivity contribution in [2.24, 2.45) is 0 Å². The maximum atomic E-state index is 12.6. The summed E-state index contributed by atoms with van der Waals surface area (Å²) in [5.41, 5.74) is 0.200. The quantitative estimate of drug-likeness (QED) is 0.810. The van der Waals surface area contributed by atoms with Crippen LogP contribution in [-0.2, 0) is 6.18 Å². The normalized spacial score (nSPS) is 30.6.